The molecule has 0 spiro atoms. The average molecular weight is 257 g/mol. The fourth-order valence-electron chi connectivity index (χ4n) is 0.791. The summed E-state index contributed by atoms with van der Waals surface area (Å²) >= 11 is 0. The van der Waals surface area contributed by atoms with Gasteiger partial charge in [0.2, 0.25) is 11.3 Å². The lowest BCUT2D eigenvalue weighted by Gasteiger charge is -2.16. The number of hydrogen-bond donors (Lipinski definition) is 3. The number of nitrogens with two attached hydrogens (primary N) is 1. The highest BCUT2D eigenvalue weighted by molar-refractivity contribution is 6.41. The van der Waals surface area contributed by atoms with Crippen molar-refractivity contribution in [1.29, 1.82) is 0 Å². The number of rotatable bonds is 5. The van der Waals surface area contributed by atoms with Crippen LogP contribution in [0, 0.1) is 0 Å². The molecule has 0 radical (unpaired) electrons. The highest BCUT2D eigenvalue weighted by Crippen LogP contribution is 2.12. The van der Waals surface area contributed by atoms with E-state index in [2.05, 4.69) is 19.4 Å². The fourth-order valence-corrected chi connectivity index (χ4v) is 0.791. The van der Waals surface area contributed by atoms with E-state index in [9.17, 15) is 9.59 Å². The summed E-state index contributed by atoms with van der Waals surface area (Å²) in [5.41, 5.74) is 2.74. The maximum atomic E-state index is 10.9. The quantitative estimate of drug-likeness (QED) is 0.490. The second-order valence-corrected chi connectivity index (χ2v) is 3.72. The molecule has 0 fully saturated rings. The first-order valence-corrected chi connectivity index (χ1v) is 4.68. The number of aliphatic carboxylic acids is 2. The molecule has 9 heteroatoms. The van der Waals surface area contributed by atoms with E-state index in [1.54, 1.807) is 0 Å². The van der Waals surface area contributed by atoms with Gasteiger partial charge in [-0.3, -0.25) is 0 Å². The molecule has 1 aromatic heterocycles. The summed E-state index contributed by atoms with van der Waals surface area (Å²) in [5, 5.41) is 20.9. The zero-order valence-corrected chi connectivity index (χ0v) is 9.58. The number of nitrogen functional groups attached to an aromatic ring is 1. The maximum Gasteiger partial charge on any atom is 0.360 e. The van der Waals surface area contributed by atoms with Gasteiger partial charge in [0.1, 0.15) is 12.0 Å². The standard InChI is InChI=1S/C9H11N3O6/c1-9(2,7(15)16)18-12-5(6(13)14)4-3-17-8(10)11-4/h3H,1-2H3,(H2,10,11)(H,13,14)(H,15,16)/b12-5-. The molecule has 0 aliphatic rings. The lowest BCUT2D eigenvalue weighted by Crippen LogP contribution is -2.33. The number of carboxylic acids is 2. The summed E-state index contributed by atoms with van der Waals surface area (Å²) in [6.07, 6.45) is 0.972. The second kappa shape index (κ2) is 4.73. The van der Waals surface area contributed by atoms with E-state index in [0.717, 1.165) is 6.26 Å². The summed E-state index contributed by atoms with van der Waals surface area (Å²) in [6.45, 7) is 2.44. The van der Waals surface area contributed by atoms with Gasteiger partial charge in [0.15, 0.2) is 0 Å². The molecule has 18 heavy (non-hydrogen) atoms. The Balaban J connectivity index is 3.01. The normalized spacial score (nSPS) is 12.2. The summed E-state index contributed by atoms with van der Waals surface area (Å²) in [4.78, 5) is 29.9. The molecule has 1 heterocycles. The minimum atomic E-state index is -1.67. The van der Waals surface area contributed by atoms with Gasteiger partial charge in [0, 0.05) is 0 Å². The molecular formula is C9H11N3O6. The monoisotopic (exact) mass is 257 g/mol. The van der Waals surface area contributed by atoms with Crippen LogP contribution in [0.15, 0.2) is 15.8 Å². The Bertz CT molecular complexity index is 504. The number of aromatic nitrogens is 1. The predicted octanol–water partition coefficient (Wildman–Crippen LogP) is -0.0747. The fraction of sp³-hybridized carbons (Fsp3) is 0.333. The summed E-state index contributed by atoms with van der Waals surface area (Å²) in [5.74, 6) is -2.75. The van der Waals surface area contributed by atoms with Gasteiger partial charge in [0.05, 0.1) is 0 Å². The highest BCUT2D eigenvalue weighted by atomic mass is 16.7. The SMILES string of the molecule is CC(C)(O/N=C(\C(=O)O)c1coc(N)n1)C(=O)O. The van der Waals surface area contributed by atoms with E-state index in [1.165, 1.54) is 13.8 Å². The summed E-state index contributed by atoms with van der Waals surface area (Å²) in [7, 11) is 0. The van der Waals surface area contributed by atoms with Crippen LogP contribution in [0.3, 0.4) is 0 Å². The number of anilines is 1. The van der Waals surface area contributed by atoms with Crippen LogP contribution in [0.2, 0.25) is 0 Å². The van der Waals surface area contributed by atoms with E-state index in [0.29, 0.717) is 0 Å². The van der Waals surface area contributed by atoms with Crippen molar-refractivity contribution >= 4 is 23.7 Å². The molecule has 0 aromatic carbocycles. The predicted molar refractivity (Wildman–Crippen MR) is 57.9 cm³/mol. The molecule has 9 nitrogen and oxygen atoms in total. The molecule has 4 N–H and O–H groups in total. The highest BCUT2D eigenvalue weighted by Gasteiger charge is 2.31. The van der Waals surface area contributed by atoms with Crippen molar-refractivity contribution in [2.75, 3.05) is 5.73 Å². The van der Waals surface area contributed by atoms with Crippen molar-refractivity contribution < 1.29 is 29.1 Å². The number of nitrogens with zero attached hydrogens (tertiary/aromatic N) is 2. The summed E-state index contributed by atoms with van der Waals surface area (Å²) in [6, 6.07) is -0.239. The van der Waals surface area contributed by atoms with Crippen LogP contribution < -0.4 is 5.73 Å². The minimum Gasteiger partial charge on any atom is -0.478 e. The first-order valence-electron chi connectivity index (χ1n) is 4.68. The third-order valence-electron chi connectivity index (χ3n) is 1.85. The molecule has 0 amide bonds. The number of hydrogen-bond acceptors (Lipinski definition) is 7. The Morgan fingerprint density at radius 1 is 1.50 bits per heavy atom. The molecule has 0 saturated heterocycles. The second-order valence-electron chi connectivity index (χ2n) is 3.72. The third kappa shape index (κ3) is 2.97. The zero-order chi connectivity index (χ0) is 13.9. The topological polar surface area (TPSA) is 148 Å². The molecular weight excluding hydrogens is 246 g/mol. The van der Waals surface area contributed by atoms with Crippen molar-refractivity contribution in [2.45, 2.75) is 19.4 Å². The van der Waals surface area contributed by atoms with Crippen molar-refractivity contribution in [3.63, 3.8) is 0 Å². The van der Waals surface area contributed by atoms with E-state index in [4.69, 9.17) is 15.9 Å². The number of carbonyl (C=O) groups is 2. The van der Waals surface area contributed by atoms with Crippen LogP contribution in [0.5, 0.6) is 0 Å². The van der Waals surface area contributed by atoms with Gasteiger partial charge in [-0.05, 0) is 13.8 Å². The van der Waals surface area contributed by atoms with Gasteiger partial charge in [-0.2, -0.15) is 4.98 Å². The first kappa shape index (κ1) is 13.5. The average Bonchev–Trinajstić information content (AvgIpc) is 2.64. The van der Waals surface area contributed by atoms with Crippen LogP contribution in [-0.2, 0) is 14.4 Å². The van der Waals surface area contributed by atoms with Crippen LogP contribution in [0.4, 0.5) is 6.01 Å². The van der Waals surface area contributed by atoms with Gasteiger partial charge in [-0.15, -0.1) is 0 Å². The van der Waals surface area contributed by atoms with Gasteiger partial charge >= 0.3 is 11.9 Å². The van der Waals surface area contributed by atoms with Crippen LogP contribution in [0.25, 0.3) is 0 Å². The Labute approximate surface area is 101 Å². The number of oxazole rings is 1. The minimum absolute atomic E-state index is 0.166. The molecule has 0 saturated carbocycles. The number of carboxylic acid groups (broad SMARTS) is 2. The number of oxime groups is 1. The van der Waals surface area contributed by atoms with Gasteiger partial charge in [0.25, 0.3) is 6.01 Å². The molecule has 0 aliphatic carbocycles. The Morgan fingerprint density at radius 3 is 2.50 bits per heavy atom. The Kier molecular flexibility index (Phi) is 3.55. The third-order valence-corrected chi connectivity index (χ3v) is 1.85. The lowest BCUT2D eigenvalue weighted by molar-refractivity contribution is -0.161. The Hall–Kier alpha value is -2.58. The zero-order valence-electron chi connectivity index (χ0n) is 9.58. The van der Waals surface area contributed by atoms with E-state index in [-0.39, 0.29) is 11.7 Å². The first-order chi connectivity index (χ1) is 8.24. The smallest absolute Gasteiger partial charge is 0.360 e. The summed E-state index contributed by atoms with van der Waals surface area (Å²) < 4.78 is 4.63. The van der Waals surface area contributed by atoms with E-state index in [1.807, 2.05) is 0 Å². The molecule has 0 aliphatic heterocycles. The van der Waals surface area contributed by atoms with Gasteiger partial charge in [-0.1, -0.05) is 5.16 Å². The van der Waals surface area contributed by atoms with E-state index < -0.39 is 23.3 Å². The maximum absolute atomic E-state index is 10.9. The van der Waals surface area contributed by atoms with E-state index >= 15 is 0 Å². The molecule has 98 valence electrons. The molecule has 1 aromatic rings. The Morgan fingerprint density at radius 2 is 2.11 bits per heavy atom. The van der Waals surface area contributed by atoms with Crippen LogP contribution >= 0.6 is 0 Å². The van der Waals surface area contributed by atoms with Crippen molar-refractivity contribution in [3.8, 4) is 0 Å². The van der Waals surface area contributed by atoms with Crippen LogP contribution in [0.1, 0.15) is 19.5 Å². The van der Waals surface area contributed by atoms with Crippen molar-refractivity contribution in [3.05, 3.63) is 12.0 Å². The lowest BCUT2D eigenvalue weighted by atomic mass is 10.1. The van der Waals surface area contributed by atoms with Gasteiger partial charge in [-0.25, -0.2) is 9.59 Å². The van der Waals surface area contributed by atoms with Crippen molar-refractivity contribution in [1.82, 2.24) is 4.98 Å². The van der Waals surface area contributed by atoms with Gasteiger partial charge < -0.3 is 25.2 Å². The van der Waals surface area contributed by atoms with Crippen molar-refractivity contribution in [2.24, 2.45) is 5.16 Å². The molecule has 0 unspecified atom stereocenters. The molecule has 0 bridgehead atoms. The molecule has 1 rings (SSSR count). The molecule has 0 atom stereocenters. The largest absolute Gasteiger partial charge is 0.478 e. The van der Waals surface area contributed by atoms with Crippen LogP contribution in [-0.4, -0.2) is 38.4 Å².